The van der Waals surface area contributed by atoms with Crippen LogP contribution in [0.5, 0.6) is 0 Å². The van der Waals surface area contributed by atoms with Crippen molar-refractivity contribution in [2.24, 2.45) is 5.41 Å². The number of esters is 2. The summed E-state index contributed by atoms with van der Waals surface area (Å²) in [5.41, 5.74) is -4.33. The molecule has 9 heteroatoms. The molecule has 0 heterocycles. The van der Waals surface area contributed by atoms with Crippen molar-refractivity contribution in [2.45, 2.75) is 64.7 Å². The molecule has 4 atom stereocenters. The maximum atomic E-state index is 14.2. The van der Waals surface area contributed by atoms with E-state index < -0.39 is 53.0 Å². The van der Waals surface area contributed by atoms with Gasteiger partial charge in [-0.15, -0.1) is 0 Å². The predicted molar refractivity (Wildman–Crippen MR) is 135 cm³/mol. The highest BCUT2D eigenvalue weighted by atomic mass is 19.4. The highest BCUT2D eigenvalue weighted by Gasteiger charge is 2.64. The molecule has 0 aromatic heterocycles. The van der Waals surface area contributed by atoms with Crippen LogP contribution in [0.2, 0.25) is 0 Å². The average Bonchev–Trinajstić information content (AvgIpc) is 2.87. The molecular weight excluding hydrogens is 501 g/mol. The fraction of sp³-hybridized carbons (Fsp3) is 0.448. The molecule has 38 heavy (non-hydrogen) atoms. The number of carbonyl (C=O) groups is 2. The summed E-state index contributed by atoms with van der Waals surface area (Å²) in [5.74, 6) is 3.67. The van der Waals surface area contributed by atoms with Gasteiger partial charge in [0.1, 0.15) is 12.2 Å². The van der Waals surface area contributed by atoms with Crippen molar-refractivity contribution in [2.75, 3.05) is 13.7 Å². The van der Waals surface area contributed by atoms with Crippen LogP contribution in [-0.4, -0.2) is 50.1 Å². The van der Waals surface area contributed by atoms with Gasteiger partial charge in [0.05, 0.1) is 18.1 Å². The lowest BCUT2D eigenvalue weighted by Gasteiger charge is -2.35. The lowest BCUT2D eigenvalue weighted by Crippen LogP contribution is -2.53. The van der Waals surface area contributed by atoms with Crippen LogP contribution in [0.4, 0.5) is 13.2 Å². The van der Waals surface area contributed by atoms with Crippen LogP contribution < -0.4 is 0 Å². The number of ether oxygens (including phenoxy) is 4. The van der Waals surface area contributed by atoms with Crippen molar-refractivity contribution in [1.82, 2.24) is 0 Å². The normalized spacial score (nSPS) is 15.7. The summed E-state index contributed by atoms with van der Waals surface area (Å²) in [6, 6.07) is 15.5. The van der Waals surface area contributed by atoms with Gasteiger partial charge in [-0.1, -0.05) is 60.4 Å². The van der Waals surface area contributed by atoms with Gasteiger partial charge in [0, 0.05) is 18.2 Å². The molecule has 0 unspecified atom stereocenters. The third kappa shape index (κ3) is 6.94. The summed E-state index contributed by atoms with van der Waals surface area (Å²) in [6.45, 7) is 7.89. The van der Waals surface area contributed by atoms with Crippen LogP contribution in [0.25, 0.3) is 0 Å². The number of alkyl halides is 3. The average molecular weight is 535 g/mol. The summed E-state index contributed by atoms with van der Waals surface area (Å²) < 4.78 is 63.9. The minimum absolute atomic E-state index is 0.140. The van der Waals surface area contributed by atoms with E-state index in [-0.39, 0.29) is 6.61 Å². The molecule has 0 spiro atoms. The number of carbonyl (C=O) groups excluding carboxylic acids is 2. The number of hydrogen-bond acceptors (Lipinski definition) is 6. The smallest absolute Gasteiger partial charge is 0.432 e. The van der Waals surface area contributed by atoms with Crippen molar-refractivity contribution in [3.8, 4) is 11.8 Å². The fourth-order valence-corrected chi connectivity index (χ4v) is 3.54. The Hall–Kier alpha value is -3.35. The fourth-order valence-electron chi connectivity index (χ4n) is 3.54. The van der Waals surface area contributed by atoms with Gasteiger partial charge in [0.2, 0.25) is 0 Å². The summed E-state index contributed by atoms with van der Waals surface area (Å²) in [5, 5.41) is 0. The molecule has 2 aromatic carbocycles. The molecule has 0 saturated heterocycles. The van der Waals surface area contributed by atoms with E-state index in [4.69, 9.17) is 18.9 Å². The van der Waals surface area contributed by atoms with Crippen molar-refractivity contribution >= 4 is 11.9 Å². The van der Waals surface area contributed by atoms with Gasteiger partial charge in [0.25, 0.3) is 5.60 Å². The quantitative estimate of drug-likeness (QED) is 0.299. The van der Waals surface area contributed by atoms with Gasteiger partial charge in [-0.25, -0.2) is 4.79 Å². The summed E-state index contributed by atoms with van der Waals surface area (Å²) in [6.07, 6.45) is -8.27. The largest absolute Gasteiger partial charge is 0.465 e. The van der Waals surface area contributed by atoms with Crippen molar-refractivity contribution in [3.05, 3.63) is 71.8 Å². The molecule has 0 aliphatic rings. The van der Waals surface area contributed by atoms with E-state index in [0.29, 0.717) is 5.56 Å². The van der Waals surface area contributed by atoms with E-state index >= 15 is 0 Å². The summed E-state index contributed by atoms with van der Waals surface area (Å²) in [7, 11) is 0.795. The molecule has 206 valence electrons. The van der Waals surface area contributed by atoms with Gasteiger partial charge < -0.3 is 18.9 Å². The SMILES string of the molecule is CCOC(=O)C(C)(C)[C@H](C#Cc1ccccc1)O[C@H](C)[C@H](C)OC(=O)[C@@](OC)(c1ccccc1)C(F)(F)F. The molecule has 0 bridgehead atoms. The Bertz CT molecular complexity index is 1120. The minimum atomic E-state index is -5.11. The number of hydrogen-bond donors (Lipinski definition) is 0. The molecule has 0 aliphatic carbocycles. The Labute approximate surface area is 221 Å². The second kappa shape index (κ2) is 12.9. The minimum Gasteiger partial charge on any atom is -0.465 e. The molecule has 0 N–H and O–H groups in total. The number of halogens is 3. The maximum Gasteiger partial charge on any atom is 0.432 e. The molecule has 2 rings (SSSR count). The number of rotatable bonds is 10. The molecule has 2 aromatic rings. The molecule has 0 aliphatic heterocycles. The topological polar surface area (TPSA) is 71.1 Å². The van der Waals surface area contributed by atoms with Crippen LogP contribution in [0.15, 0.2) is 60.7 Å². The van der Waals surface area contributed by atoms with Crippen LogP contribution in [-0.2, 0) is 34.1 Å². The Morgan fingerprint density at radius 1 is 0.895 bits per heavy atom. The predicted octanol–water partition coefficient (Wildman–Crippen LogP) is 5.44. The first kappa shape index (κ1) is 30.9. The standard InChI is InChI=1S/C29H33F3O6/c1-7-36-25(33)27(4,5)24(19-18-22-14-10-8-11-15-22)37-20(2)21(3)38-26(34)28(35-6,29(30,31)32)23-16-12-9-13-17-23/h8-17,20-21,24H,7H2,1-6H3/t20-,21+,24+,28+/m1/s1. The zero-order chi connectivity index (χ0) is 28.6. The van der Waals surface area contributed by atoms with Crippen LogP contribution in [0.3, 0.4) is 0 Å². The monoisotopic (exact) mass is 534 g/mol. The zero-order valence-electron chi connectivity index (χ0n) is 22.3. The molecule has 6 nitrogen and oxygen atoms in total. The highest BCUT2D eigenvalue weighted by molar-refractivity contribution is 5.83. The molecule has 0 fully saturated rings. The van der Waals surface area contributed by atoms with Crippen molar-refractivity contribution < 1.29 is 41.7 Å². The molecular formula is C29H33F3O6. The van der Waals surface area contributed by atoms with E-state index in [1.165, 1.54) is 32.0 Å². The van der Waals surface area contributed by atoms with E-state index in [0.717, 1.165) is 19.2 Å². The van der Waals surface area contributed by atoms with Gasteiger partial charge in [0.15, 0.2) is 0 Å². The first-order valence-corrected chi connectivity index (χ1v) is 12.1. The number of benzene rings is 2. The van der Waals surface area contributed by atoms with E-state index in [1.807, 2.05) is 6.07 Å². The van der Waals surface area contributed by atoms with Gasteiger partial charge in [-0.2, -0.15) is 13.2 Å². The second-order valence-electron chi connectivity index (χ2n) is 9.16. The molecule has 0 saturated carbocycles. The Balaban J connectivity index is 2.34. The molecule has 0 amide bonds. The lowest BCUT2D eigenvalue weighted by atomic mass is 9.86. The Morgan fingerprint density at radius 2 is 1.45 bits per heavy atom. The first-order chi connectivity index (χ1) is 17.8. The second-order valence-corrected chi connectivity index (χ2v) is 9.16. The third-order valence-electron chi connectivity index (χ3n) is 6.06. The summed E-state index contributed by atoms with van der Waals surface area (Å²) in [4.78, 5) is 25.7. The van der Waals surface area contributed by atoms with Gasteiger partial charge in [-0.3, -0.25) is 4.79 Å². The number of methoxy groups -OCH3 is 1. The summed E-state index contributed by atoms with van der Waals surface area (Å²) >= 11 is 0. The van der Waals surface area contributed by atoms with Crippen molar-refractivity contribution in [3.63, 3.8) is 0 Å². The lowest BCUT2D eigenvalue weighted by molar-refractivity contribution is -0.279. The van der Waals surface area contributed by atoms with Crippen LogP contribution in [0.1, 0.15) is 45.7 Å². The van der Waals surface area contributed by atoms with E-state index in [9.17, 15) is 22.8 Å². The zero-order valence-corrected chi connectivity index (χ0v) is 22.3. The van der Waals surface area contributed by atoms with Gasteiger partial charge in [-0.05, 0) is 46.8 Å². The van der Waals surface area contributed by atoms with E-state index in [1.54, 1.807) is 45.0 Å². The highest BCUT2D eigenvalue weighted by Crippen LogP contribution is 2.43. The first-order valence-electron chi connectivity index (χ1n) is 12.1. The Morgan fingerprint density at radius 3 is 1.95 bits per heavy atom. The van der Waals surface area contributed by atoms with Crippen LogP contribution in [0, 0.1) is 17.3 Å². The van der Waals surface area contributed by atoms with Gasteiger partial charge >= 0.3 is 18.1 Å². The van der Waals surface area contributed by atoms with E-state index in [2.05, 4.69) is 11.8 Å². The maximum absolute atomic E-state index is 14.2. The van der Waals surface area contributed by atoms with Crippen LogP contribution >= 0.6 is 0 Å². The molecule has 0 radical (unpaired) electrons. The Kier molecular flexibility index (Phi) is 10.5. The third-order valence-corrected chi connectivity index (χ3v) is 6.06. The van der Waals surface area contributed by atoms with Crippen molar-refractivity contribution in [1.29, 1.82) is 0 Å².